The van der Waals surface area contributed by atoms with E-state index in [1.165, 1.54) is 11.1 Å². The standard InChI is InChI=1S/C16H19BrN2/c1-12-3-2-4-13(9-12)5-7-15(18)10-16-8-6-14(17)11-19-16/h2-4,6,8-9,11,15H,5,7,10,18H2,1H3. The molecule has 0 saturated carbocycles. The largest absolute Gasteiger partial charge is 0.327 e. The minimum atomic E-state index is 0.161. The number of aromatic nitrogens is 1. The lowest BCUT2D eigenvalue weighted by atomic mass is 10.0. The fourth-order valence-electron chi connectivity index (χ4n) is 2.12. The van der Waals surface area contributed by atoms with E-state index in [0.29, 0.717) is 0 Å². The van der Waals surface area contributed by atoms with E-state index in [9.17, 15) is 0 Å². The molecule has 1 aromatic heterocycles. The van der Waals surface area contributed by atoms with Gasteiger partial charge in [-0.15, -0.1) is 0 Å². The van der Waals surface area contributed by atoms with Crippen molar-refractivity contribution in [2.24, 2.45) is 5.73 Å². The summed E-state index contributed by atoms with van der Waals surface area (Å²) in [5, 5.41) is 0. The van der Waals surface area contributed by atoms with E-state index < -0.39 is 0 Å². The van der Waals surface area contributed by atoms with Gasteiger partial charge in [-0.3, -0.25) is 4.98 Å². The molecule has 0 radical (unpaired) electrons. The molecule has 0 fully saturated rings. The van der Waals surface area contributed by atoms with Crippen molar-refractivity contribution in [3.8, 4) is 0 Å². The fraction of sp³-hybridized carbons (Fsp3) is 0.312. The number of aryl methyl sites for hydroxylation is 2. The molecule has 0 bridgehead atoms. The molecule has 0 aliphatic heterocycles. The lowest BCUT2D eigenvalue weighted by Crippen LogP contribution is -2.24. The second-order valence-corrected chi connectivity index (χ2v) is 5.88. The first-order chi connectivity index (χ1) is 9.13. The monoisotopic (exact) mass is 318 g/mol. The quantitative estimate of drug-likeness (QED) is 0.913. The molecule has 0 spiro atoms. The topological polar surface area (TPSA) is 38.9 Å². The zero-order chi connectivity index (χ0) is 13.7. The third-order valence-corrected chi connectivity index (χ3v) is 3.62. The van der Waals surface area contributed by atoms with Crippen LogP contribution in [-0.4, -0.2) is 11.0 Å². The van der Waals surface area contributed by atoms with Crippen molar-refractivity contribution in [1.82, 2.24) is 4.98 Å². The highest BCUT2D eigenvalue weighted by Gasteiger charge is 2.06. The van der Waals surface area contributed by atoms with Crippen LogP contribution in [0.4, 0.5) is 0 Å². The molecule has 2 nitrogen and oxygen atoms in total. The average molecular weight is 319 g/mol. The van der Waals surface area contributed by atoms with Crippen LogP contribution in [0.5, 0.6) is 0 Å². The van der Waals surface area contributed by atoms with E-state index in [1.807, 2.05) is 18.3 Å². The van der Waals surface area contributed by atoms with E-state index in [-0.39, 0.29) is 6.04 Å². The Bertz CT molecular complexity index is 523. The van der Waals surface area contributed by atoms with Crippen molar-refractivity contribution in [2.75, 3.05) is 0 Å². The summed E-state index contributed by atoms with van der Waals surface area (Å²) in [6.07, 6.45) is 4.67. The summed E-state index contributed by atoms with van der Waals surface area (Å²) in [6, 6.07) is 12.8. The predicted octanol–water partition coefficient (Wildman–Crippen LogP) is 3.66. The van der Waals surface area contributed by atoms with Crippen LogP contribution in [-0.2, 0) is 12.8 Å². The highest BCUT2D eigenvalue weighted by molar-refractivity contribution is 9.10. The molecule has 1 unspecified atom stereocenters. The van der Waals surface area contributed by atoms with Gasteiger partial charge in [0.1, 0.15) is 0 Å². The Morgan fingerprint density at radius 1 is 1.26 bits per heavy atom. The maximum Gasteiger partial charge on any atom is 0.0419 e. The van der Waals surface area contributed by atoms with Crippen LogP contribution >= 0.6 is 15.9 Å². The molecule has 1 atom stereocenters. The first kappa shape index (κ1) is 14.2. The molecule has 2 rings (SSSR count). The number of rotatable bonds is 5. The molecule has 0 saturated heterocycles. The second kappa shape index (κ2) is 6.83. The molecule has 2 N–H and O–H groups in total. The summed E-state index contributed by atoms with van der Waals surface area (Å²) in [4.78, 5) is 4.36. The predicted molar refractivity (Wildman–Crippen MR) is 83.1 cm³/mol. The van der Waals surface area contributed by atoms with Crippen molar-refractivity contribution >= 4 is 15.9 Å². The molecule has 1 heterocycles. The van der Waals surface area contributed by atoms with E-state index in [0.717, 1.165) is 29.4 Å². The highest BCUT2D eigenvalue weighted by Crippen LogP contribution is 2.11. The van der Waals surface area contributed by atoms with Crippen molar-refractivity contribution in [2.45, 2.75) is 32.2 Å². The normalized spacial score (nSPS) is 12.4. The van der Waals surface area contributed by atoms with Crippen LogP contribution in [0.25, 0.3) is 0 Å². The lowest BCUT2D eigenvalue weighted by Gasteiger charge is -2.11. The summed E-state index contributed by atoms with van der Waals surface area (Å²) in [6.45, 7) is 2.12. The molecule has 100 valence electrons. The summed E-state index contributed by atoms with van der Waals surface area (Å²) in [7, 11) is 0. The SMILES string of the molecule is Cc1cccc(CCC(N)Cc2ccc(Br)cn2)c1. The lowest BCUT2D eigenvalue weighted by molar-refractivity contribution is 0.603. The van der Waals surface area contributed by atoms with Gasteiger partial charge in [-0.1, -0.05) is 29.8 Å². The molecule has 0 aliphatic carbocycles. The summed E-state index contributed by atoms with van der Waals surface area (Å²) < 4.78 is 1.00. The second-order valence-electron chi connectivity index (χ2n) is 4.96. The van der Waals surface area contributed by atoms with Crippen molar-refractivity contribution in [1.29, 1.82) is 0 Å². The Labute approximate surface area is 123 Å². The summed E-state index contributed by atoms with van der Waals surface area (Å²) in [5.74, 6) is 0. The Morgan fingerprint density at radius 2 is 2.11 bits per heavy atom. The Balaban J connectivity index is 1.84. The van der Waals surface area contributed by atoms with Crippen LogP contribution in [0, 0.1) is 6.92 Å². The van der Waals surface area contributed by atoms with E-state index in [2.05, 4.69) is 52.1 Å². The van der Waals surface area contributed by atoms with Crippen molar-refractivity contribution in [3.63, 3.8) is 0 Å². The maximum absolute atomic E-state index is 6.18. The highest BCUT2D eigenvalue weighted by atomic mass is 79.9. The Kier molecular flexibility index (Phi) is 5.11. The van der Waals surface area contributed by atoms with Gasteiger partial charge in [0.2, 0.25) is 0 Å². The molecular formula is C16H19BrN2. The average Bonchev–Trinajstić information content (AvgIpc) is 2.39. The number of benzene rings is 1. The first-order valence-corrected chi connectivity index (χ1v) is 7.34. The fourth-order valence-corrected chi connectivity index (χ4v) is 2.35. The third-order valence-electron chi connectivity index (χ3n) is 3.15. The first-order valence-electron chi connectivity index (χ1n) is 6.55. The van der Waals surface area contributed by atoms with Crippen LogP contribution in [0.15, 0.2) is 47.1 Å². The molecule has 19 heavy (non-hydrogen) atoms. The smallest absolute Gasteiger partial charge is 0.0419 e. The molecule has 2 aromatic rings. The number of nitrogens with two attached hydrogens (primary N) is 1. The molecule has 0 amide bonds. The van der Waals surface area contributed by atoms with Gasteiger partial charge in [-0.05, 0) is 53.4 Å². The summed E-state index contributed by atoms with van der Waals surface area (Å²) in [5.41, 5.74) is 9.90. The zero-order valence-electron chi connectivity index (χ0n) is 11.1. The van der Waals surface area contributed by atoms with Gasteiger partial charge >= 0.3 is 0 Å². The van der Waals surface area contributed by atoms with Gasteiger partial charge in [0.25, 0.3) is 0 Å². The molecule has 3 heteroatoms. The van der Waals surface area contributed by atoms with Crippen LogP contribution < -0.4 is 5.73 Å². The Morgan fingerprint density at radius 3 is 2.79 bits per heavy atom. The minimum absolute atomic E-state index is 0.161. The van der Waals surface area contributed by atoms with Crippen LogP contribution in [0.3, 0.4) is 0 Å². The molecular weight excluding hydrogens is 300 g/mol. The number of nitrogens with zero attached hydrogens (tertiary/aromatic N) is 1. The summed E-state index contributed by atoms with van der Waals surface area (Å²) >= 11 is 3.39. The van der Waals surface area contributed by atoms with Crippen LogP contribution in [0.1, 0.15) is 23.2 Å². The number of hydrogen-bond donors (Lipinski definition) is 1. The minimum Gasteiger partial charge on any atom is -0.327 e. The van der Waals surface area contributed by atoms with Gasteiger partial charge in [0, 0.05) is 28.8 Å². The maximum atomic E-state index is 6.18. The number of pyridine rings is 1. The number of halogens is 1. The molecule has 0 aliphatic rings. The van der Waals surface area contributed by atoms with Crippen molar-refractivity contribution in [3.05, 3.63) is 63.9 Å². The third kappa shape index (κ3) is 4.77. The van der Waals surface area contributed by atoms with Crippen molar-refractivity contribution < 1.29 is 0 Å². The van der Waals surface area contributed by atoms with Gasteiger partial charge in [-0.2, -0.15) is 0 Å². The zero-order valence-corrected chi connectivity index (χ0v) is 12.7. The van der Waals surface area contributed by atoms with Gasteiger partial charge < -0.3 is 5.73 Å². The van der Waals surface area contributed by atoms with E-state index in [1.54, 1.807) is 0 Å². The van der Waals surface area contributed by atoms with E-state index in [4.69, 9.17) is 5.73 Å². The van der Waals surface area contributed by atoms with Crippen LogP contribution in [0.2, 0.25) is 0 Å². The Hall–Kier alpha value is -1.19. The molecule has 1 aromatic carbocycles. The van der Waals surface area contributed by atoms with Gasteiger partial charge in [-0.25, -0.2) is 0 Å². The van der Waals surface area contributed by atoms with E-state index >= 15 is 0 Å². The number of hydrogen-bond acceptors (Lipinski definition) is 2. The van der Waals surface area contributed by atoms with Gasteiger partial charge in [0.05, 0.1) is 0 Å². The van der Waals surface area contributed by atoms with Gasteiger partial charge in [0.15, 0.2) is 0 Å².